The zero-order valence-corrected chi connectivity index (χ0v) is 12.1. The fraction of sp³-hybridized carbons (Fsp3) is 0.438. The van der Waals surface area contributed by atoms with Crippen LogP contribution in [0, 0.1) is 5.92 Å². The van der Waals surface area contributed by atoms with Crippen LogP contribution in [0.15, 0.2) is 35.8 Å². The Morgan fingerprint density at radius 1 is 1.42 bits per heavy atom. The Bertz CT molecular complexity index is 517. The van der Waals surface area contributed by atoms with E-state index in [0.29, 0.717) is 6.04 Å². The summed E-state index contributed by atoms with van der Waals surface area (Å²) in [4.78, 5) is 4.37. The van der Waals surface area contributed by atoms with Crippen LogP contribution in [0.1, 0.15) is 32.6 Å². The average Bonchev–Trinajstić information content (AvgIpc) is 2.88. The van der Waals surface area contributed by atoms with E-state index >= 15 is 0 Å². The van der Waals surface area contributed by atoms with E-state index in [2.05, 4.69) is 41.5 Å². The van der Waals surface area contributed by atoms with Crippen LogP contribution in [-0.4, -0.2) is 11.0 Å². The molecule has 1 fully saturated rings. The summed E-state index contributed by atoms with van der Waals surface area (Å²) < 4.78 is 0. The van der Waals surface area contributed by atoms with Gasteiger partial charge in [-0.2, -0.15) is 0 Å². The monoisotopic (exact) mass is 272 g/mol. The van der Waals surface area contributed by atoms with Gasteiger partial charge in [0.2, 0.25) is 0 Å². The molecule has 3 rings (SSSR count). The van der Waals surface area contributed by atoms with E-state index in [4.69, 9.17) is 0 Å². The standard InChI is InChI=1S/C16H20N2S/c1-12(10-13-4-2-5-13)18-15-7-3-6-14(11-15)16-17-8-9-19-16/h3,6-9,11-13,18H,2,4-5,10H2,1H3. The van der Waals surface area contributed by atoms with Gasteiger partial charge in [-0.1, -0.05) is 31.4 Å². The summed E-state index contributed by atoms with van der Waals surface area (Å²) in [5.74, 6) is 0.949. The second kappa shape index (κ2) is 5.74. The number of hydrogen-bond acceptors (Lipinski definition) is 3. The van der Waals surface area contributed by atoms with Crippen molar-refractivity contribution in [2.75, 3.05) is 5.32 Å². The molecule has 1 N–H and O–H groups in total. The van der Waals surface area contributed by atoms with Crippen LogP contribution >= 0.6 is 11.3 Å². The number of hydrogen-bond donors (Lipinski definition) is 1. The Morgan fingerprint density at radius 3 is 3.00 bits per heavy atom. The normalized spacial score (nSPS) is 16.9. The number of nitrogens with zero attached hydrogens (tertiary/aromatic N) is 1. The number of benzene rings is 1. The van der Waals surface area contributed by atoms with Crippen molar-refractivity contribution >= 4 is 17.0 Å². The molecular weight excluding hydrogens is 252 g/mol. The fourth-order valence-electron chi connectivity index (χ4n) is 2.68. The van der Waals surface area contributed by atoms with Gasteiger partial charge in [0.25, 0.3) is 0 Å². The highest BCUT2D eigenvalue weighted by Crippen LogP contribution is 2.31. The van der Waals surface area contributed by atoms with Crippen molar-refractivity contribution < 1.29 is 0 Å². The molecule has 0 aliphatic heterocycles. The predicted octanol–water partition coefficient (Wildman–Crippen LogP) is 4.80. The third-order valence-corrected chi connectivity index (χ3v) is 4.69. The van der Waals surface area contributed by atoms with Crippen molar-refractivity contribution in [3.05, 3.63) is 35.8 Å². The van der Waals surface area contributed by atoms with E-state index in [1.54, 1.807) is 11.3 Å². The topological polar surface area (TPSA) is 24.9 Å². The van der Waals surface area contributed by atoms with Crippen molar-refractivity contribution in [2.45, 2.75) is 38.6 Å². The largest absolute Gasteiger partial charge is 0.383 e. The van der Waals surface area contributed by atoms with Gasteiger partial charge in [-0.3, -0.25) is 0 Å². The zero-order valence-electron chi connectivity index (χ0n) is 11.3. The number of anilines is 1. The molecule has 1 aliphatic carbocycles. The summed E-state index contributed by atoms with van der Waals surface area (Å²) >= 11 is 1.69. The van der Waals surface area contributed by atoms with Crippen LogP contribution < -0.4 is 5.32 Å². The van der Waals surface area contributed by atoms with Crippen molar-refractivity contribution in [1.29, 1.82) is 0 Å². The molecule has 1 unspecified atom stereocenters. The number of rotatable bonds is 5. The highest BCUT2D eigenvalue weighted by atomic mass is 32.1. The van der Waals surface area contributed by atoms with Gasteiger partial charge in [-0.05, 0) is 31.4 Å². The maximum Gasteiger partial charge on any atom is 0.123 e. The number of thiazole rings is 1. The van der Waals surface area contributed by atoms with Crippen molar-refractivity contribution in [3.63, 3.8) is 0 Å². The smallest absolute Gasteiger partial charge is 0.123 e. The lowest BCUT2D eigenvalue weighted by Gasteiger charge is -2.29. The zero-order chi connectivity index (χ0) is 13.1. The Balaban J connectivity index is 1.65. The molecular formula is C16H20N2S. The molecule has 100 valence electrons. The van der Waals surface area contributed by atoms with Crippen molar-refractivity contribution in [3.8, 4) is 10.6 Å². The second-order valence-electron chi connectivity index (χ2n) is 5.50. The maximum absolute atomic E-state index is 4.37. The third kappa shape index (κ3) is 3.16. The number of nitrogens with one attached hydrogen (secondary N) is 1. The summed E-state index contributed by atoms with van der Waals surface area (Å²) in [5, 5.41) is 6.74. The molecule has 19 heavy (non-hydrogen) atoms. The van der Waals surface area contributed by atoms with Gasteiger partial charge in [0.05, 0.1) is 0 Å². The van der Waals surface area contributed by atoms with Crippen molar-refractivity contribution in [2.24, 2.45) is 5.92 Å². The van der Waals surface area contributed by atoms with Gasteiger partial charge in [0, 0.05) is 28.9 Å². The van der Waals surface area contributed by atoms with E-state index in [0.717, 1.165) is 10.9 Å². The Kier molecular flexibility index (Phi) is 3.83. The SMILES string of the molecule is CC(CC1CCC1)Nc1cccc(-c2nccs2)c1. The molecule has 0 bridgehead atoms. The molecule has 1 aromatic heterocycles. The highest BCUT2D eigenvalue weighted by Gasteiger charge is 2.19. The first kappa shape index (κ1) is 12.7. The molecule has 2 aromatic rings. The van der Waals surface area contributed by atoms with Crippen LogP contribution in [-0.2, 0) is 0 Å². The van der Waals surface area contributed by atoms with E-state index in [-0.39, 0.29) is 0 Å². The minimum Gasteiger partial charge on any atom is -0.383 e. The van der Waals surface area contributed by atoms with Crippen LogP contribution in [0.25, 0.3) is 10.6 Å². The van der Waals surface area contributed by atoms with Crippen molar-refractivity contribution in [1.82, 2.24) is 4.98 Å². The van der Waals surface area contributed by atoms with Gasteiger partial charge in [0.15, 0.2) is 0 Å². The third-order valence-electron chi connectivity index (χ3n) is 3.87. The van der Waals surface area contributed by atoms with E-state index in [9.17, 15) is 0 Å². The first-order valence-corrected chi connectivity index (χ1v) is 7.96. The first-order valence-electron chi connectivity index (χ1n) is 7.08. The van der Waals surface area contributed by atoms with Crippen LogP contribution in [0.2, 0.25) is 0 Å². The van der Waals surface area contributed by atoms with Gasteiger partial charge in [-0.25, -0.2) is 4.98 Å². The molecule has 0 spiro atoms. The van der Waals surface area contributed by atoms with Crippen LogP contribution in [0.4, 0.5) is 5.69 Å². The lowest BCUT2D eigenvalue weighted by Crippen LogP contribution is -2.23. The molecule has 1 saturated carbocycles. The molecule has 2 nitrogen and oxygen atoms in total. The molecule has 1 aliphatic rings. The van der Waals surface area contributed by atoms with E-state index < -0.39 is 0 Å². The Labute approximate surface area is 118 Å². The van der Waals surface area contributed by atoms with E-state index in [1.165, 1.54) is 36.9 Å². The Hall–Kier alpha value is -1.35. The summed E-state index contributed by atoms with van der Waals surface area (Å²) in [6, 6.07) is 9.14. The molecule has 1 heterocycles. The molecule has 3 heteroatoms. The fourth-order valence-corrected chi connectivity index (χ4v) is 3.32. The lowest BCUT2D eigenvalue weighted by molar-refractivity contribution is 0.286. The molecule has 0 radical (unpaired) electrons. The molecule has 1 aromatic carbocycles. The highest BCUT2D eigenvalue weighted by molar-refractivity contribution is 7.13. The molecule has 1 atom stereocenters. The van der Waals surface area contributed by atoms with Gasteiger partial charge in [0.1, 0.15) is 5.01 Å². The quantitative estimate of drug-likeness (QED) is 0.845. The minimum atomic E-state index is 0.553. The summed E-state index contributed by atoms with van der Waals surface area (Å²) in [7, 11) is 0. The second-order valence-corrected chi connectivity index (χ2v) is 6.39. The van der Waals surface area contributed by atoms with Crippen LogP contribution in [0.5, 0.6) is 0 Å². The number of aromatic nitrogens is 1. The Morgan fingerprint density at radius 2 is 2.32 bits per heavy atom. The minimum absolute atomic E-state index is 0.553. The predicted molar refractivity (Wildman–Crippen MR) is 82.6 cm³/mol. The maximum atomic E-state index is 4.37. The van der Waals surface area contributed by atoms with Gasteiger partial charge >= 0.3 is 0 Å². The average molecular weight is 272 g/mol. The summed E-state index contributed by atoms with van der Waals surface area (Å²) in [5.41, 5.74) is 2.41. The molecule has 0 saturated heterocycles. The van der Waals surface area contributed by atoms with Gasteiger partial charge in [-0.15, -0.1) is 11.3 Å². The summed E-state index contributed by atoms with van der Waals surface area (Å²) in [6.07, 6.45) is 7.42. The van der Waals surface area contributed by atoms with Crippen LogP contribution in [0.3, 0.4) is 0 Å². The first-order chi connectivity index (χ1) is 9.31. The van der Waals surface area contributed by atoms with E-state index in [1.807, 2.05) is 11.6 Å². The summed E-state index contributed by atoms with van der Waals surface area (Å²) in [6.45, 7) is 2.29. The lowest BCUT2D eigenvalue weighted by atomic mass is 9.81. The van der Waals surface area contributed by atoms with Gasteiger partial charge < -0.3 is 5.32 Å². The molecule has 0 amide bonds.